The van der Waals surface area contributed by atoms with Gasteiger partial charge in [0, 0.05) is 16.3 Å². The summed E-state index contributed by atoms with van der Waals surface area (Å²) in [6, 6.07) is 8.36. The Morgan fingerprint density at radius 3 is 2.83 bits per heavy atom. The molecule has 0 unspecified atom stereocenters. The largest absolute Gasteiger partial charge is 0.394 e. The van der Waals surface area contributed by atoms with Crippen LogP contribution in [0.25, 0.3) is 10.9 Å². The molecular formula is C14H18N2OS. The lowest BCUT2D eigenvalue weighted by molar-refractivity contribution is 0.281. The second-order valence-corrected chi connectivity index (χ2v) is 5.32. The fourth-order valence-corrected chi connectivity index (χ4v) is 2.31. The Bertz CT molecular complexity index is 557. The molecule has 0 saturated heterocycles. The van der Waals surface area contributed by atoms with E-state index in [0.717, 1.165) is 11.3 Å². The van der Waals surface area contributed by atoms with Crippen molar-refractivity contribution in [1.29, 1.82) is 0 Å². The van der Waals surface area contributed by atoms with Crippen LogP contribution in [0.1, 0.15) is 12.5 Å². The second-order valence-electron chi connectivity index (χ2n) is 4.44. The molecule has 0 aliphatic heterocycles. The molecule has 0 radical (unpaired) electrons. The maximum atomic E-state index is 9.07. The van der Waals surface area contributed by atoms with Crippen LogP contribution in [0.2, 0.25) is 0 Å². The number of hydrogen-bond donors (Lipinski definition) is 2. The molecule has 0 aliphatic rings. The zero-order valence-electron chi connectivity index (χ0n) is 10.9. The lowest BCUT2D eigenvalue weighted by Gasteiger charge is -2.13. The number of hydrogen-bond acceptors (Lipinski definition) is 4. The van der Waals surface area contributed by atoms with E-state index in [2.05, 4.69) is 41.7 Å². The normalized spacial score (nSPS) is 12.7. The minimum absolute atomic E-state index is 0.0121. The van der Waals surface area contributed by atoms with Crippen molar-refractivity contribution in [3.05, 3.63) is 29.8 Å². The summed E-state index contributed by atoms with van der Waals surface area (Å²) >= 11 is 1.71. The molecule has 1 atom stereocenters. The Morgan fingerprint density at radius 1 is 1.39 bits per heavy atom. The van der Waals surface area contributed by atoms with Crippen molar-refractivity contribution >= 4 is 28.5 Å². The molecule has 0 aliphatic carbocycles. The summed E-state index contributed by atoms with van der Waals surface area (Å²) < 4.78 is 0. The van der Waals surface area contributed by atoms with Gasteiger partial charge >= 0.3 is 0 Å². The zero-order valence-corrected chi connectivity index (χ0v) is 11.7. The number of anilines is 1. The molecule has 96 valence electrons. The van der Waals surface area contributed by atoms with Crippen LogP contribution in [0.5, 0.6) is 0 Å². The molecule has 0 spiro atoms. The highest BCUT2D eigenvalue weighted by atomic mass is 32.2. The SMILES string of the molecule is CSc1ccc2c(C)cc(N[C@@H](C)CO)nc2c1. The van der Waals surface area contributed by atoms with Crippen molar-refractivity contribution in [1.82, 2.24) is 4.98 Å². The standard InChI is InChI=1S/C14H18N2OS/c1-9-6-14(15-10(2)8-17)16-13-7-11(18-3)4-5-12(9)13/h4-7,10,17H,8H2,1-3H3,(H,15,16)/t10-/m0/s1. The predicted octanol–water partition coefficient (Wildman–Crippen LogP) is 3.06. The third-order valence-corrected chi connectivity index (χ3v) is 3.62. The summed E-state index contributed by atoms with van der Waals surface area (Å²) in [5.74, 6) is 0.819. The molecule has 0 saturated carbocycles. The summed E-state index contributed by atoms with van der Waals surface area (Å²) in [4.78, 5) is 5.81. The quantitative estimate of drug-likeness (QED) is 0.831. The predicted molar refractivity (Wildman–Crippen MR) is 78.4 cm³/mol. The van der Waals surface area contributed by atoms with Crippen LogP contribution in [0.4, 0.5) is 5.82 Å². The van der Waals surface area contributed by atoms with Gasteiger partial charge in [-0.25, -0.2) is 4.98 Å². The van der Waals surface area contributed by atoms with Gasteiger partial charge in [-0.2, -0.15) is 0 Å². The minimum Gasteiger partial charge on any atom is -0.394 e. The fraction of sp³-hybridized carbons (Fsp3) is 0.357. The van der Waals surface area contributed by atoms with Gasteiger partial charge in [-0.05, 0) is 43.9 Å². The molecule has 0 bridgehead atoms. The van der Waals surface area contributed by atoms with E-state index in [1.165, 1.54) is 15.8 Å². The van der Waals surface area contributed by atoms with E-state index in [9.17, 15) is 0 Å². The number of aliphatic hydroxyl groups is 1. The Balaban J connectivity index is 2.45. The third kappa shape index (κ3) is 2.76. The molecule has 4 heteroatoms. The second kappa shape index (κ2) is 5.59. The minimum atomic E-state index is 0.0121. The zero-order chi connectivity index (χ0) is 13.1. The van der Waals surface area contributed by atoms with Gasteiger partial charge in [0.05, 0.1) is 12.1 Å². The summed E-state index contributed by atoms with van der Waals surface area (Å²) in [5.41, 5.74) is 2.19. The van der Waals surface area contributed by atoms with Crippen molar-refractivity contribution in [3.63, 3.8) is 0 Å². The number of aromatic nitrogens is 1. The maximum Gasteiger partial charge on any atom is 0.127 e. The maximum absolute atomic E-state index is 9.07. The lowest BCUT2D eigenvalue weighted by Crippen LogP contribution is -2.20. The van der Waals surface area contributed by atoms with Crippen LogP contribution in [0, 0.1) is 6.92 Å². The molecule has 0 fully saturated rings. The van der Waals surface area contributed by atoms with Gasteiger partial charge in [0.2, 0.25) is 0 Å². The first-order chi connectivity index (χ1) is 8.63. The van der Waals surface area contributed by atoms with Gasteiger partial charge in [0.15, 0.2) is 0 Å². The highest BCUT2D eigenvalue weighted by Crippen LogP contribution is 2.25. The van der Waals surface area contributed by atoms with Gasteiger partial charge in [0.25, 0.3) is 0 Å². The van der Waals surface area contributed by atoms with Crippen LogP contribution in [-0.4, -0.2) is 29.0 Å². The lowest BCUT2D eigenvalue weighted by atomic mass is 10.1. The van der Waals surface area contributed by atoms with E-state index in [0.29, 0.717) is 0 Å². The van der Waals surface area contributed by atoms with E-state index in [1.54, 1.807) is 11.8 Å². The van der Waals surface area contributed by atoms with Crippen molar-refractivity contribution in [2.24, 2.45) is 0 Å². The Hall–Kier alpha value is -1.26. The monoisotopic (exact) mass is 262 g/mol. The fourth-order valence-electron chi connectivity index (χ4n) is 1.88. The van der Waals surface area contributed by atoms with Gasteiger partial charge in [-0.1, -0.05) is 6.07 Å². The Morgan fingerprint density at radius 2 is 2.17 bits per heavy atom. The summed E-state index contributed by atoms with van der Waals surface area (Å²) in [7, 11) is 0. The molecule has 2 aromatic rings. The van der Waals surface area contributed by atoms with Crippen molar-refractivity contribution < 1.29 is 5.11 Å². The number of fused-ring (bicyclic) bond motifs is 1. The van der Waals surface area contributed by atoms with Crippen LogP contribution in [0.3, 0.4) is 0 Å². The van der Waals surface area contributed by atoms with Crippen LogP contribution >= 0.6 is 11.8 Å². The molecule has 2 rings (SSSR count). The van der Waals surface area contributed by atoms with E-state index in [1.807, 2.05) is 13.0 Å². The Labute approximate surface area is 112 Å². The summed E-state index contributed by atoms with van der Waals surface area (Å²) in [6.07, 6.45) is 2.06. The topological polar surface area (TPSA) is 45.1 Å². The smallest absolute Gasteiger partial charge is 0.127 e. The van der Waals surface area contributed by atoms with Gasteiger partial charge < -0.3 is 10.4 Å². The molecular weight excluding hydrogens is 244 g/mol. The van der Waals surface area contributed by atoms with Crippen LogP contribution < -0.4 is 5.32 Å². The van der Waals surface area contributed by atoms with Crippen molar-refractivity contribution in [2.75, 3.05) is 18.2 Å². The van der Waals surface area contributed by atoms with Crippen LogP contribution in [0.15, 0.2) is 29.2 Å². The number of nitrogens with zero attached hydrogens (tertiary/aromatic N) is 1. The molecule has 18 heavy (non-hydrogen) atoms. The molecule has 1 heterocycles. The highest BCUT2D eigenvalue weighted by molar-refractivity contribution is 7.98. The average molecular weight is 262 g/mol. The van der Waals surface area contributed by atoms with E-state index in [4.69, 9.17) is 5.11 Å². The van der Waals surface area contributed by atoms with Crippen LogP contribution in [-0.2, 0) is 0 Å². The first kappa shape index (κ1) is 13.2. The molecule has 2 N–H and O–H groups in total. The number of nitrogens with one attached hydrogen (secondary N) is 1. The Kier molecular flexibility index (Phi) is 4.09. The number of aliphatic hydroxyl groups excluding tert-OH is 1. The number of rotatable bonds is 4. The van der Waals surface area contributed by atoms with Gasteiger partial charge in [0.1, 0.15) is 5.82 Å². The van der Waals surface area contributed by atoms with E-state index in [-0.39, 0.29) is 12.6 Å². The van der Waals surface area contributed by atoms with Crippen molar-refractivity contribution in [3.8, 4) is 0 Å². The first-order valence-electron chi connectivity index (χ1n) is 5.97. The van der Waals surface area contributed by atoms with Gasteiger partial charge in [-0.15, -0.1) is 11.8 Å². The number of aryl methyl sites for hydroxylation is 1. The average Bonchev–Trinajstić information content (AvgIpc) is 2.37. The number of thioether (sulfide) groups is 1. The van der Waals surface area contributed by atoms with Gasteiger partial charge in [-0.3, -0.25) is 0 Å². The first-order valence-corrected chi connectivity index (χ1v) is 7.19. The molecule has 1 aromatic heterocycles. The number of benzene rings is 1. The molecule has 0 amide bonds. The van der Waals surface area contributed by atoms with E-state index < -0.39 is 0 Å². The van der Waals surface area contributed by atoms with E-state index >= 15 is 0 Å². The number of pyridine rings is 1. The molecule has 3 nitrogen and oxygen atoms in total. The third-order valence-electron chi connectivity index (χ3n) is 2.89. The highest BCUT2D eigenvalue weighted by Gasteiger charge is 2.06. The molecule has 1 aromatic carbocycles. The summed E-state index contributed by atoms with van der Waals surface area (Å²) in [6.45, 7) is 4.11. The van der Waals surface area contributed by atoms with Crippen molar-refractivity contribution in [2.45, 2.75) is 24.8 Å². The summed E-state index contributed by atoms with van der Waals surface area (Å²) in [5, 5.41) is 13.4.